The summed E-state index contributed by atoms with van der Waals surface area (Å²) in [7, 11) is 1.28. The Morgan fingerprint density at radius 1 is 1.21 bits per heavy atom. The maximum atomic E-state index is 11.3. The molecule has 0 saturated heterocycles. The Balaban J connectivity index is 2.11. The lowest BCUT2D eigenvalue weighted by Crippen LogP contribution is -2.30. The molecule has 0 aliphatic carbocycles. The second-order valence-electron chi connectivity index (χ2n) is 4.12. The first-order valence-electron chi connectivity index (χ1n) is 6.15. The highest BCUT2D eigenvalue weighted by Gasteiger charge is 2.04. The molecule has 104 valence electrons. The number of rotatable bonds is 7. The van der Waals surface area contributed by atoms with Crippen LogP contribution in [0.4, 0.5) is 0 Å². The van der Waals surface area contributed by atoms with Gasteiger partial charge in [0.05, 0.1) is 13.7 Å². The third kappa shape index (κ3) is 6.45. The Morgan fingerprint density at radius 2 is 1.89 bits per heavy atom. The van der Waals surface area contributed by atoms with E-state index in [2.05, 4.69) is 10.1 Å². The zero-order valence-electron chi connectivity index (χ0n) is 11.3. The van der Waals surface area contributed by atoms with E-state index in [4.69, 9.17) is 4.74 Å². The Hall–Kier alpha value is -2.04. The van der Waals surface area contributed by atoms with Crippen molar-refractivity contribution in [1.29, 1.82) is 0 Å². The summed E-state index contributed by atoms with van der Waals surface area (Å²) in [5, 5.41) is 2.47. The van der Waals surface area contributed by atoms with E-state index in [0.29, 0.717) is 19.4 Å². The van der Waals surface area contributed by atoms with Gasteiger partial charge in [-0.15, -0.1) is 0 Å². The smallest absolute Gasteiger partial charge is 0.325 e. The molecule has 5 heteroatoms. The molecule has 0 aliphatic rings. The normalized spacial score (nSPS) is 9.79. The second kappa shape index (κ2) is 8.13. The summed E-state index contributed by atoms with van der Waals surface area (Å²) in [6.07, 6.45) is 0.920. The van der Waals surface area contributed by atoms with E-state index in [1.165, 1.54) is 12.7 Å². The molecule has 0 aliphatic heterocycles. The van der Waals surface area contributed by atoms with Crippen LogP contribution in [0.3, 0.4) is 0 Å². The molecule has 0 heterocycles. The van der Waals surface area contributed by atoms with Crippen molar-refractivity contribution in [3.8, 4) is 5.75 Å². The number of carbonyl (C=O) groups excluding carboxylic acids is 2. The molecule has 19 heavy (non-hydrogen) atoms. The van der Waals surface area contributed by atoms with E-state index < -0.39 is 5.97 Å². The van der Waals surface area contributed by atoms with Gasteiger partial charge in [0.25, 0.3) is 0 Å². The topological polar surface area (TPSA) is 64.6 Å². The summed E-state index contributed by atoms with van der Waals surface area (Å²) >= 11 is 0. The van der Waals surface area contributed by atoms with Crippen LogP contribution in [0.5, 0.6) is 5.75 Å². The molecule has 5 nitrogen and oxygen atoms in total. The Morgan fingerprint density at radius 3 is 2.53 bits per heavy atom. The molecule has 0 bridgehead atoms. The van der Waals surface area contributed by atoms with Crippen LogP contribution in [0.1, 0.15) is 18.4 Å². The minimum absolute atomic E-state index is 0.0891. The van der Waals surface area contributed by atoms with Crippen molar-refractivity contribution in [2.24, 2.45) is 0 Å². The minimum atomic E-state index is -0.454. The summed E-state index contributed by atoms with van der Waals surface area (Å²) in [4.78, 5) is 22.1. The number of esters is 1. The SMILES string of the molecule is COC(=O)CNC(=O)CCCOc1ccc(C)cc1. The van der Waals surface area contributed by atoms with Gasteiger partial charge in [-0.25, -0.2) is 0 Å². The first-order valence-corrected chi connectivity index (χ1v) is 6.15. The van der Waals surface area contributed by atoms with Gasteiger partial charge in [-0.3, -0.25) is 9.59 Å². The van der Waals surface area contributed by atoms with Crippen LogP contribution in [0, 0.1) is 6.92 Å². The van der Waals surface area contributed by atoms with Crippen molar-refractivity contribution in [2.45, 2.75) is 19.8 Å². The van der Waals surface area contributed by atoms with Crippen molar-refractivity contribution < 1.29 is 19.1 Å². The molecule has 1 amide bonds. The van der Waals surface area contributed by atoms with Crippen LogP contribution < -0.4 is 10.1 Å². The van der Waals surface area contributed by atoms with E-state index in [1.807, 2.05) is 31.2 Å². The Kier molecular flexibility index (Phi) is 6.43. The molecule has 1 aromatic carbocycles. The van der Waals surface area contributed by atoms with Gasteiger partial charge >= 0.3 is 5.97 Å². The van der Waals surface area contributed by atoms with Crippen molar-refractivity contribution in [2.75, 3.05) is 20.3 Å². The van der Waals surface area contributed by atoms with Crippen LogP contribution in [-0.4, -0.2) is 32.1 Å². The van der Waals surface area contributed by atoms with E-state index in [-0.39, 0.29) is 12.5 Å². The number of ether oxygens (including phenoxy) is 2. The van der Waals surface area contributed by atoms with E-state index >= 15 is 0 Å². The molecule has 0 aromatic heterocycles. The van der Waals surface area contributed by atoms with Crippen LogP contribution in [0.15, 0.2) is 24.3 Å². The number of benzene rings is 1. The van der Waals surface area contributed by atoms with Crippen LogP contribution >= 0.6 is 0 Å². The number of hydrogen-bond acceptors (Lipinski definition) is 4. The number of amides is 1. The first kappa shape index (κ1) is 15.0. The number of methoxy groups -OCH3 is 1. The quantitative estimate of drug-likeness (QED) is 0.598. The van der Waals surface area contributed by atoms with Gasteiger partial charge < -0.3 is 14.8 Å². The van der Waals surface area contributed by atoms with Gasteiger partial charge in [-0.1, -0.05) is 17.7 Å². The van der Waals surface area contributed by atoms with Gasteiger partial charge in [0.2, 0.25) is 5.91 Å². The van der Waals surface area contributed by atoms with Gasteiger partial charge in [-0.2, -0.15) is 0 Å². The molecule has 1 rings (SSSR count). The number of nitrogens with one attached hydrogen (secondary N) is 1. The zero-order chi connectivity index (χ0) is 14.1. The number of hydrogen-bond donors (Lipinski definition) is 1. The molecular formula is C14H19NO4. The lowest BCUT2D eigenvalue weighted by molar-refractivity contribution is -0.141. The summed E-state index contributed by atoms with van der Waals surface area (Å²) in [6.45, 7) is 2.39. The maximum absolute atomic E-state index is 11.3. The third-order valence-corrected chi connectivity index (χ3v) is 2.50. The monoisotopic (exact) mass is 265 g/mol. The fourth-order valence-corrected chi connectivity index (χ4v) is 1.39. The zero-order valence-corrected chi connectivity index (χ0v) is 11.3. The lowest BCUT2D eigenvalue weighted by Gasteiger charge is -2.06. The van der Waals surface area contributed by atoms with Crippen LogP contribution in [0.25, 0.3) is 0 Å². The van der Waals surface area contributed by atoms with Crippen molar-refractivity contribution in [3.05, 3.63) is 29.8 Å². The molecule has 0 unspecified atom stereocenters. The first-order chi connectivity index (χ1) is 9.11. The van der Waals surface area contributed by atoms with Gasteiger partial charge in [0, 0.05) is 6.42 Å². The largest absolute Gasteiger partial charge is 0.494 e. The Bertz CT molecular complexity index is 414. The molecule has 0 saturated carbocycles. The molecule has 0 spiro atoms. The average Bonchev–Trinajstić information content (AvgIpc) is 2.42. The Labute approximate surface area is 112 Å². The summed E-state index contributed by atoms with van der Waals surface area (Å²) < 4.78 is 9.90. The number of aryl methyl sites for hydroxylation is 1. The van der Waals surface area contributed by atoms with Gasteiger partial charge in [-0.05, 0) is 25.5 Å². The summed E-state index contributed by atoms with van der Waals surface area (Å²) in [6, 6.07) is 7.73. The van der Waals surface area contributed by atoms with Crippen LogP contribution in [0.2, 0.25) is 0 Å². The maximum Gasteiger partial charge on any atom is 0.325 e. The fraction of sp³-hybridized carbons (Fsp3) is 0.429. The van der Waals surface area contributed by atoms with Crippen LogP contribution in [-0.2, 0) is 14.3 Å². The van der Waals surface area contributed by atoms with Crippen molar-refractivity contribution >= 4 is 11.9 Å². The van der Waals surface area contributed by atoms with Crippen molar-refractivity contribution in [3.63, 3.8) is 0 Å². The molecule has 0 fully saturated rings. The van der Waals surface area contributed by atoms with E-state index in [0.717, 1.165) is 5.75 Å². The predicted octanol–water partition coefficient (Wildman–Crippen LogP) is 1.44. The average molecular weight is 265 g/mol. The van der Waals surface area contributed by atoms with Gasteiger partial charge in [0.15, 0.2) is 0 Å². The second-order valence-corrected chi connectivity index (χ2v) is 4.12. The van der Waals surface area contributed by atoms with Gasteiger partial charge in [0.1, 0.15) is 12.3 Å². The third-order valence-electron chi connectivity index (χ3n) is 2.50. The molecule has 1 aromatic rings. The van der Waals surface area contributed by atoms with Crippen molar-refractivity contribution in [1.82, 2.24) is 5.32 Å². The molecule has 0 atom stereocenters. The highest BCUT2D eigenvalue weighted by molar-refractivity contribution is 5.81. The fourth-order valence-electron chi connectivity index (χ4n) is 1.39. The lowest BCUT2D eigenvalue weighted by atomic mass is 10.2. The van der Waals surface area contributed by atoms with E-state index in [1.54, 1.807) is 0 Å². The summed E-state index contributed by atoms with van der Waals surface area (Å²) in [5.74, 6) is 0.155. The molecular weight excluding hydrogens is 246 g/mol. The predicted molar refractivity (Wildman–Crippen MR) is 70.9 cm³/mol. The molecule has 1 N–H and O–H groups in total. The highest BCUT2D eigenvalue weighted by Crippen LogP contribution is 2.11. The summed E-state index contributed by atoms with van der Waals surface area (Å²) in [5.41, 5.74) is 1.18. The highest BCUT2D eigenvalue weighted by atomic mass is 16.5. The molecule has 0 radical (unpaired) electrons. The van der Waals surface area contributed by atoms with E-state index in [9.17, 15) is 9.59 Å². The standard InChI is InChI=1S/C14H19NO4/c1-11-5-7-12(8-6-11)19-9-3-4-13(16)15-10-14(17)18-2/h5-8H,3-4,9-10H2,1-2H3,(H,15,16). The minimum Gasteiger partial charge on any atom is -0.494 e. The number of carbonyl (C=O) groups is 2.